The molecule has 28 heavy (non-hydrogen) atoms. The van der Waals surface area contributed by atoms with Crippen LogP contribution in [0.15, 0.2) is 51.7 Å². The number of benzene rings is 1. The lowest BCUT2D eigenvalue weighted by atomic mass is 9.47. The Balaban J connectivity index is 1.58. The van der Waals surface area contributed by atoms with E-state index in [1.807, 2.05) is 12.1 Å². The molecule has 1 heterocycles. The van der Waals surface area contributed by atoms with Gasteiger partial charge in [0, 0.05) is 23.4 Å². The van der Waals surface area contributed by atoms with Crippen LogP contribution in [0.2, 0.25) is 0 Å². The Morgan fingerprint density at radius 3 is 2.75 bits per heavy atom. The molecule has 0 amide bonds. The Hall–Kier alpha value is -2.07. The third-order valence-corrected chi connectivity index (χ3v) is 7.56. The Morgan fingerprint density at radius 1 is 1.21 bits per heavy atom. The number of hydrogen-bond donors (Lipinski definition) is 1. The molecule has 1 aromatic heterocycles. The highest BCUT2D eigenvalue weighted by molar-refractivity contribution is 5.77. The number of rotatable bonds is 3. The van der Waals surface area contributed by atoms with Gasteiger partial charge in [-0.1, -0.05) is 32.9 Å². The molecule has 0 bridgehead atoms. The van der Waals surface area contributed by atoms with Crippen LogP contribution in [0.4, 0.5) is 0 Å². The summed E-state index contributed by atoms with van der Waals surface area (Å²) in [5, 5.41) is 11.5. The molecule has 0 radical (unpaired) electrons. The normalized spacial score (nSPS) is 32.1. The molecule has 1 N–H and O–H groups in total. The zero-order valence-electron chi connectivity index (χ0n) is 17.0. The molecular formula is C24H30O4. The molecule has 2 aliphatic rings. The summed E-state index contributed by atoms with van der Waals surface area (Å²) < 4.78 is 11.5. The van der Waals surface area contributed by atoms with Crippen molar-refractivity contribution in [1.29, 1.82) is 0 Å². The second kappa shape index (κ2) is 6.77. The minimum Gasteiger partial charge on any atom is -0.493 e. The summed E-state index contributed by atoms with van der Waals surface area (Å²) in [6.07, 6.45) is 3.63. The maximum absolute atomic E-state index is 11.5. The molecule has 4 atom stereocenters. The fourth-order valence-corrected chi connectivity index (χ4v) is 5.78. The number of ether oxygens (including phenoxy) is 1. The summed E-state index contributed by atoms with van der Waals surface area (Å²) in [5.74, 6) is 1.39. The van der Waals surface area contributed by atoms with Crippen LogP contribution in [-0.2, 0) is 0 Å². The molecular weight excluding hydrogens is 352 g/mol. The van der Waals surface area contributed by atoms with Crippen molar-refractivity contribution in [2.75, 3.05) is 6.61 Å². The van der Waals surface area contributed by atoms with Gasteiger partial charge in [0.05, 0.1) is 12.7 Å². The van der Waals surface area contributed by atoms with Gasteiger partial charge in [0.25, 0.3) is 0 Å². The molecule has 2 saturated carbocycles. The maximum Gasteiger partial charge on any atom is 0.336 e. The first-order chi connectivity index (χ1) is 13.2. The van der Waals surface area contributed by atoms with E-state index in [4.69, 9.17) is 9.15 Å². The molecule has 0 spiro atoms. The molecule has 1 unspecified atom stereocenters. The van der Waals surface area contributed by atoms with Crippen LogP contribution in [0.5, 0.6) is 5.75 Å². The van der Waals surface area contributed by atoms with Crippen LogP contribution in [0.25, 0.3) is 11.0 Å². The zero-order chi connectivity index (χ0) is 20.1. The number of hydrogen-bond acceptors (Lipinski definition) is 4. The van der Waals surface area contributed by atoms with E-state index in [0.717, 1.165) is 31.1 Å². The van der Waals surface area contributed by atoms with Crippen molar-refractivity contribution < 1.29 is 14.3 Å². The fraction of sp³-hybridized carbons (Fsp3) is 0.542. The van der Waals surface area contributed by atoms with E-state index in [1.165, 1.54) is 11.6 Å². The van der Waals surface area contributed by atoms with Crippen LogP contribution in [-0.4, -0.2) is 17.8 Å². The molecule has 2 aliphatic carbocycles. The summed E-state index contributed by atoms with van der Waals surface area (Å²) in [4.78, 5) is 11.5. The van der Waals surface area contributed by atoms with E-state index in [0.29, 0.717) is 23.9 Å². The van der Waals surface area contributed by atoms with Gasteiger partial charge in [-0.05, 0) is 60.6 Å². The summed E-state index contributed by atoms with van der Waals surface area (Å²) in [6.45, 7) is 11.7. The lowest BCUT2D eigenvalue weighted by Crippen LogP contribution is -2.55. The van der Waals surface area contributed by atoms with E-state index in [9.17, 15) is 9.90 Å². The fourth-order valence-electron chi connectivity index (χ4n) is 5.78. The average molecular weight is 383 g/mol. The molecule has 0 aliphatic heterocycles. The van der Waals surface area contributed by atoms with E-state index < -0.39 is 0 Å². The summed E-state index contributed by atoms with van der Waals surface area (Å²) in [5.41, 5.74) is 1.40. The largest absolute Gasteiger partial charge is 0.493 e. The molecule has 0 saturated heterocycles. The van der Waals surface area contributed by atoms with Gasteiger partial charge in [0.15, 0.2) is 0 Å². The maximum atomic E-state index is 11.5. The number of fused-ring (bicyclic) bond motifs is 2. The molecule has 150 valence electrons. The summed E-state index contributed by atoms with van der Waals surface area (Å²) in [6, 6.07) is 8.80. The van der Waals surface area contributed by atoms with Crippen molar-refractivity contribution in [3.8, 4) is 5.75 Å². The minimum absolute atomic E-state index is 0.0709. The van der Waals surface area contributed by atoms with Crippen LogP contribution in [0.1, 0.15) is 46.5 Å². The second-order valence-corrected chi connectivity index (χ2v) is 9.45. The SMILES string of the molecule is C=C1CC[C@@H]2C(C)(C)[C@H](O)CC[C@@]2(C)C1COc1ccc2ccc(=O)oc2c1. The second-order valence-electron chi connectivity index (χ2n) is 9.45. The van der Waals surface area contributed by atoms with E-state index in [-0.39, 0.29) is 28.5 Å². The van der Waals surface area contributed by atoms with Gasteiger partial charge in [-0.2, -0.15) is 0 Å². The quantitative estimate of drug-likeness (QED) is 0.603. The first-order valence-corrected chi connectivity index (χ1v) is 10.2. The van der Waals surface area contributed by atoms with Gasteiger partial charge >= 0.3 is 5.63 Å². The molecule has 4 rings (SSSR count). The van der Waals surface area contributed by atoms with Crippen LogP contribution < -0.4 is 10.4 Å². The first-order valence-electron chi connectivity index (χ1n) is 10.2. The average Bonchev–Trinajstić information content (AvgIpc) is 2.64. The zero-order valence-corrected chi connectivity index (χ0v) is 17.0. The third-order valence-electron chi connectivity index (χ3n) is 7.56. The summed E-state index contributed by atoms with van der Waals surface area (Å²) in [7, 11) is 0. The minimum atomic E-state index is -0.358. The smallest absolute Gasteiger partial charge is 0.336 e. The third kappa shape index (κ3) is 3.08. The van der Waals surface area contributed by atoms with Gasteiger partial charge in [0.1, 0.15) is 11.3 Å². The highest BCUT2D eigenvalue weighted by Gasteiger charge is 2.56. The Kier molecular flexibility index (Phi) is 4.65. The lowest BCUT2D eigenvalue weighted by Gasteiger charge is -2.59. The van der Waals surface area contributed by atoms with Crippen molar-refractivity contribution in [1.82, 2.24) is 0 Å². The van der Waals surface area contributed by atoms with Gasteiger partial charge in [-0.25, -0.2) is 4.79 Å². The number of aliphatic hydroxyl groups is 1. The molecule has 1 aromatic carbocycles. The molecule has 4 heteroatoms. The Labute approximate surface area is 166 Å². The van der Waals surface area contributed by atoms with Crippen molar-refractivity contribution in [2.45, 2.75) is 52.6 Å². The monoisotopic (exact) mass is 382 g/mol. The molecule has 2 fully saturated rings. The first kappa shape index (κ1) is 19.3. The molecule has 2 aromatic rings. The highest BCUT2D eigenvalue weighted by Crippen LogP contribution is 2.60. The Morgan fingerprint density at radius 2 is 1.96 bits per heavy atom. The predicted molar refractivity (Wildman–Crippen MR) is 110 cm³/mol. The lowest BCUT2D eigenvalue weighted by molar-refractivity contribution is -0.128. The van der Waals surface area contributed by atoms with Crippen LogP contribution >= 0.6 is 0 Å². The van der Waals surface area contributed by atoms with Crippen LogP contribution in [0.3, 0.4) is 0 Å². The van der Waals surface area contributed by atoms with Gasteiger partial charge in [-0.3, -0.25) is 0 Å². The van der Waals surface area contributed by atoms with Crippen molar-refractivity contribution >= 4 is 11.0 Å². The standard InChI is InChI=1S/C24H30O4/c1-15-5-9-20-23(2,3)21(25)11-12-24(20,4)18(15)14-27-17-8-6-16-7-10-22(26)28-19(16)13-17/h6-8,10,13,18,20-21,25H,1,5,9,11-12,14H2,2-4H3/t18?,20-,21-,24+/m1/s1. The van der Waals surface area contributed by atoms with E-state index in [2.05, 4.69) is 27.4 Å². The number of aliphatic hydroxyl groups excluding tert-OH is 1. The van der Waals surface area contributed by atoms with Gasteiger partial charge in [0.2, 0.25) is 0 Å². The van der Waals surface area contributed by atoms with Crippen molar-refractivity contribution in [3.63, 3.8) is 0 Å². The van der Waals surface area contributed by atoms with E-state index in [1.54, 1.807) is 12.1 Å². The highest BCUT2D eigenvalue weighted by atomic mass is 16.5. The van der Waals surface area contributed by atoms with Crippen LogP contribution in [0, 0.1) is 22.7 Å². The topological polar surface area (TPSA) is 59.7 Å². The summed E-state index contributed by atoms with van der Waals surface area (Å²) >= 11 is 0. The van der Waals surface area contributed by atoms with Gasteiger partial charge < -0.3 is 14.3 Å². The van der Waals surface area contributed by atoms with Gasteiger partial charge in [-0.15, -0.1) is 0 Å². The molecule has 4 nitrogen and oxygen atoms in total. The predicted octanol–water partition coefficient (Wildman–Crippen LogP) is 4.94. The van der Waals surface area contributed by atoms with E-state index >= 15 is 0 Å². The Bertz CT molecular complexity index is 956. The van der Waals surface area contributed by atoms with Crippen molar-refractivity contribution in [2.24, 2.45) is 22.7 Å². The van der Waals surface area contributed by atoms with Crippen molar-refractivity contribution in [3.05, 3.63) is 52.9 Å².